The fourth-order valence-electron chi connectivity index (χ4n) is 1.59. The number of ether oxygens (including phenoxy) is 2. The molecule has 0 aliphatic heterocycles. The van der Waals surface area contributed by atoms with Gasteiger partial charge in [-0.1, -0.05) is 20.8 Å². The Labute approximate surface area is 96.6 Å². The zero-order valence-electron chi connectivity index (χ0n) is 10.4. The third kappa shape index (κ3) is 2.27. The summed E-state index contributed by atoms with van der Waals surface area (Å²) >= 11 is 0. The number of benzene rings is 1. The molecule has 0 aromatic heterocycles. The van der Waals surface area contributed by atoms with Crippen LogP contribution in [0.4, 0.5) is 0 Å². The molecule has 0 aliphatic carbocycles. The van der Waals surface area contributed by atoms with Gasteiger partial charge in [0.25, 0.3) is 0 Å². The van der Waals surface area contributed by atoms with Gasteiger partial charge in [-0.15, -0.1) is 0 Å². The fourth-order valence-corrected chi connectivity index (χ4v) is 1.59. The average Bonchev–Trinajstić information content (AvgIpc) is 2.25. The molecule has 0 N–H and O–H groups in total. The summed E-state index contributed by atoms with van der Waals surface area (Å²) in [6, 6.07) is 5.67. The summed E-state index contributed by atoms with van der Waals surface area (Å²) in [4.78, 5) is 0. The highest BCUT2D eigenvalue weighted by Gasteiger charge is 2.22. The molecule has 0 aliphatic rings. The predicted molar refractivity (Wildman–Crippen MR) is 63.0 cm³/mol. The largest absolute Gasteiger partial charge is 0.493 e. The van der Waals surface area contributed by atoms with Crippen LogP contribution >= 0.6 is 0 Å². The second-order valence-electron chi connectivity index (χ2n) is 4.62. The molecule has 16 heavy (non-hydrogen) atoms. The molecule has 0 saturated carbocycles. The van der Waals surface area contributed by atoms with Gasteiger partial charge >= 0.3 is 0 Å². The van der Waals surface area contributed by atoms with Gasteiger partial charge in [0.1, 0.15) is 0 Å². The van der Waals surface area contributed by atoms with Gasteiger partial charge in [0.05, 0.1) is 25.9 Å². The molecular formula is C13H17NO2. The first-order valence-corrected chi connectivity index (χ1v) is 5.10. The third-order valence-corrected chi connectivity index (χ3v) is 2.42. The molecule has 86 valence electrons. The molecule has 1 aromatic carbocycles. The lowest BCUT2D eigenvalue weighted by Gasteiger charge is -2.23. The van der Waals surface area contributed by atoms with Crippen LogP contribution in [-0.2, 0) is 5.41 Å². The maximum Gasteiger partial charge on any atom is 0.164 e. The van der Waals surface area contributed by atoms with E-state index in [4.69, 9.17) is 14.7 Å². The van der Waals surface area contributed by atoms with Gasteiger partial charge < -0.3 is 9.47 Å². The van der Waals surface area contributed by atoms with E-state index in [0.717, 1.165) is 5.56 Å². The van der Waals surface area contributed by atoms with Crippen molar-refractivity contribution in [2.45, 2.75) is 26.2 Å². The highest BCUT2D eigenvalue weighted by atomic mass is 16.5. The van der Waals surface area contributed by atoms with Crippen molar-refractivity contribution in [1.82, 2.24) is 0 Å². The second-order valence-corrected chi connectivity index (χ2v) is 4.62. The summed E-state index contributed by atoms with van der Waals surface area (Å²) in [6.07, 6.45) is 0. The minimum atomic E-state index is -0.0918. The average molecular weight is 219 g/mol. The summed E-state index contributed by atoms with van der Waals surface area (Å²) in [7, 11) is 3.19. The van der Waals surface area contributed by atoms with E-state index in [2.05, 4.69) is 26.8 Å². The van der Waals surface area contributed by atoms with E-state index >= 15 is 0 Å². The Hall–Kier alpha value is -1.69. The van der Waals surface area contributed by atoms with Gasteiger partial charge in [-0.3, -0.25) is 0 Å². The van der Waals surface area contributed by atoms with Crippen LogP contribution in [0, 0.1) is 11.3 Å². The Morgan fingerprint density at radius 3 is 2.12 bits per heavy atom. The SMILES string of the molecule is COc1cc(C#N)cc(C(C)(C)C)c1OC. The van der Waals surface area contributed by atoms with Crippen molar-refractivity contribution in [2.75, 3.05) is 14.2 Å². The standard InChI is InChI=1S/C13H17NO2/c1-13(2,3)10-6-9(8-14)7-11(15-4)12(10)16-5/h6-7H,1-5H3. The quantitative estimate of drug-likeness (QED) is 0.768. The number of nitriles is 1. The first kappa shape index (κ1) is 12.4. The van der Waals surface area contributed by atoms with Crippen molar-refractivity contribution in [1.29, 1.82) is 5.26 Å². The minimum Gasteiger partial charge on any atom is -0.493 e. The Balaban J connectivity index is 3.51. The van der Waals surface area contributed by atoms with Crippen LogP contribution in [0.3, 0.4) is 0 Å². The summed E-state index contributed by atoms with van der Waals surface area (Å²) in [5, 5.41) is 8.96. The molecule has 0 saturated heterocycles. The lowest BCUT2D eigenvalue weighted by Crippen LogP contribution is -2.13. The van der Waals surface area contributed by atoms with Crippen molar-refractivity contribution < 1.29 is 9.47 Å². The molecular weight excluding hydrogens is 202 g/mol. The fraction of sp³-hybridized carbons (Fsp3) is 0.462. The maximum absolute atomic E-state index is 8.96. The van der Waals surface area contributed by atoms with Crippen molar-refractivity contribution >= 4 is 0 Å². The maximum atomic E-state index is 8.96. The summed E-state index contributed by atoms with van der Waals surface area (Å²) < 4.78 is 10.6. The van der Waals surface area contributed by atoms with E-state index in [1.165, 1.54) is 0 Å². The minimum absolute atomic E-state index is 0.0918. The summed E-state index contributed by atoms with van der Waals surface area (Å²) in [5.74, 6) is 1.31. The normalized spacial score (nSPS) is 10.8. The number of hydrogen-bond donors (Lipinski definition) is 0. The van der Waals surface area contributed by atoms with Crippen LogP contribution in [0.15, 0.2) is 12.1 Å². The molecule has 0 atom stereocenters. The van der Waals surface area contributed by atoms with E-state index in [1.54, 1.807) is 20.3 Å². The zero-order valence-corrected chi connectivity index (χ0v) is 10.4. The molecule has 0 bridgehead atoms. The highest BCUT2D eigenvalue weighted by molar-refractivity contribution is 5.54. The van der Waals surface area contributed by atoms with Crippen molar-refractivity contribution in [3.63, 3.8) is 0 Å². The van der Waals surface area contributed by atoms with Crippen LogP contribution in [-0.4, -0.2) is 14.2 Å². The Morgan fingerprint density at radius 1 is 1.12 bits per heavy atom. The van der Waals surface area contributed by atoms with Gasteiger partial charge in [0.2, 0.25) is 0 Å². The lowest BCUT2D eigenvalue weighted by atomic mass is 9.85. The van der Waals surface area contributed by atoms with E-state index in [9.17, 15) is 0 Å². The second kappa shape index (κ2) is 4.44. The molecule has 0 fully saturated rings. The molecule has 0 heterocycles. The van der Waals surface area contributed by atoms with Crippen LogP contribution in [0.2, 0.25) is 0 Å². The zero-order chi connectivity index (χ0) is 12.3. The Kier molecular flexibility index (Phi) is 3.44. The molecule has 3 heteroatoms. The van der Waals surface area contributed by atoms with Gasteiger partial charge in [-0.2, -0.15) is 5.26 Å². The molecule has 1 rings (SSSR count). The van der Waals surface area contributed by atoms with Crippen molar-refractivity contribution in [2.24, 2.45) is 0 Å². The first-order chi connectivity index (χ1) is 7.43. The molecule has 0 amide bonds. The van der Waals surface area contributed by atoms with Gasteiger partial charge in [0.15, 0.2) is 11.5 Å². The summed E-state index contributed by atoms with van der Waals surface area (Å²) in [6.45, 7) is 6.22. The number of hydrogen-bond acceptors (Lipinski definition) is 3. The molecule has 1 aromatic rings. The monoisotopic (exact) mass is 219 g/mol. The molecule has 0 unspecified atom stereocenters. The topological polar surface area (TPSA) is 42.2 Å². The number of nitrogens with zero attached hydrogens (tertiary/aromatic N) is 1. The van der Waals surface area contributed by atoms with Crippen molar-refractivity contribution in [3.05, 3.63) is 23.3 Å². The first-order valence-electron chi connectivity index (χ1n) is 5.10. The van der Waals surface area contributed by atoms with Crippen LogP contribution in [0.25, 0.3) is 0 Å². The van der Waals surface area contributed by atoms with Crippen LogP contribution < -0.4 is 9.47 Å². The van der Waals surface area contributed by atoms with Crippen LogP contribution in [0.5, 0.6) is 11.5 Å². The summed E-state index contributed by atoms with van der Waals surface area (Å²) in [5.41, 5.74) is 1.47. The Morgan fingerprint density at radius 2 is 1.75 bits per heavy atom. The highest BCUT2D eigenvalue weighted by Crippen LogP contribution is 2.39. The molecule has 0 radical (unpaired) electrons. The van der Waals surface area contributed by atoms with Gasteiger partial charge in [0, 0.05) is 11.6 Å². The van der Waals surface area contributed by atoms with E-state index in [-0.39, 0.29) is 5.41 Å². The Bertz CT molecular complexity index is 425. The molecule has 0 spiro atoms. The predicted octanol–water partition coefficient (Wildman–Crippen LogP) is 2.87. The molecule has 3 nitrogen and oxygen atoms in total. The number of rotatable bonds is 2. The van der Waals surface area contributed by atoms with E-state index < -0.39 is 0 Å². The smallest absolute Gasteiger partial charge is 0.164 e. The van der Waals surface area contributed by atoms with Gasteiger partial charge in [-0.05, 0) is 11.5 Å². The third-order valence-electron chi connectivity index (χ3n) is 2.42. The van der Waals surface area contributed by atoms with Crippen molar-refractivity contribution in [3.8, 4) is 17.6 Å². The van der Waals surface area contributed by atoms with Crippen LogP contribution in [0.1, 0.15) is 31.9 Å². The number of methoxy groups -OCH3 is 2. The van der Waals surface area contributed by atoms with E-state index in [0.29, 0.717) is 17.1 Å². The lowest BCUT2D eigenvalue weighted by molar-refractivity contribution is 0.345. The van der Waals surface area contributed by atoms with E-state index in [1.807, 2.05) is 6.07 Å². The van der Waals surface area contributed by atoms with Gasteiger partial charge in [-0.25, -0.2) is 0 Å².